The maximum Gasteiger partial charge on any atom is 0.331 e. The quantitative estimate of drug-likeness (QED) is 0.264. The lowest BCUT2D eigenvalue weighted by Gasteiger charge is -2.08. The van der Waals surface area contributed by atoms with Crippen molar-refractivity contribution < 1.29 is 24.0 Å². The number of nitro groups is 1. The van der Waals surface area contributed by atoms with E-state index in [1.807, 2.05) is 0 Å². The zero-order valence-electron chi connectivity index (χ0n) is 14.4. The Morgan fingerprint density at radius 1 is 1.15 bits per heavy atom. The number of carbonyl (C=O) groups excluding carboxylic acids is 3. The Morgan fingerprint density at radius 2 is 1.89 bits per heavy atom. The van der Waals surface area contributed by atoms with Crippen molar-refractivity contribution in [3.8, 4) is 0 Å². The first-order valence-corrected chi connectivity index (χ1v) is 7.86. The van der Waals surface area contributed by atoms with Gasteiger partial charge in [-0.05, 0) is 30.7 Å². The third-order valence-corrected chi connectivity index (χ3v) is 3.42. The number of non-ortho nitro benzene ring substituents is 1. The maximum absolute atomic E-state index is 11.9. The van der Waals surface area contributed by atoms with Crippen molar-refractivity contribution in [2.75, 3.05) is 11.9 Å². The number of rotatable bonds is 7. The van der Waals surface area contributed by atoms with Crippen LogP contribution >= 0.6 is 0 Å². The second kappa shape index (κ2) is 9.04. The molecule has 0 heterocycles. The van der Waals surface area contributed by atoms with Gasteiger partial charge in [-0.3, -0.25) is 19.7 Å². The Hall–Kier alpha value is -3.81. The molecule has 0 saturated carbocycles. The highest BCUT2D eigenvalue weighted by Crippen LogP contribution is 2.16. The van der Waals surface area contributed by atoms with E-state index >= 15 is 0 Å². The highest BCUT2D eigenvalue weighted by atomic mass is 16.6. The van der Waals surface area contributed by atoms with Crippen LogP contribution in [-0.2, 0) is 14.3 Å². The SMILES string of the molecule is CC(=O)c1ccccc1NC(=O)COC(=O)/C=C/c1cccc([N+](=O)[O-])c1. The van der Waals surface area contributed by atoms with E-state index in [1.54, 1.807) is 30.3 Å². The van der Waals surface area contributed by atoms with Crippen LogP contribution in [0.15, 0.2) is 54.6 Å². The number of amides is 1. The number of benzene rings is 2. The molecule has 0 fully saturated rings. The molecule has 2 aromatic rings. The molecule has 0 bridgehead atoms. The van der Waals surface area contributed by atoms with Crippen LogP contribution in [0.1, 0.15) is 22.8 Å². The van der Waals surface area contributed by atoms with Gasteiger partial charge >= 0.3 is 5.97 Å². The van der Waals surface area contributed by atoms with E-state index in [9.17, 15) is 24.5 Å². The summed E-state index contributed by atoms with van der Waals surface area (Å²) in [7, 11) is 0. The van der Waals surface area contributed by atoms with Gasteiger partial charge in [0, 0.05) is 23.8 Å². The number of hydrogen-bond acceptors (Lipinski definition) is 6. The number of nitrogens with zero attached hydrogens (tertiary/aromatic N) is 1. The first kappa shape index (κ1) is 19.5. The Labute approximate surface area is 154 Å². The smallest absolute Gasteiger partial charge is 0.331 e. The summed E-state index contributed by atoms with van der Waals surface area (Å²) in [4.78, 5) is 45.3. The fourth-order valence-electron chi connectivity index (χ4n) is 2.18. The first-order valence-electron chi connectivity index (χ1n) is 7.86. The molecule has 0 saturated heterocycles. The zero-order chi connectivity index (χ0) is 19.8. The lowest BCUT2D eigenvalue weighted by molar-refractivity contribution is -0.384. The normalized spacial score (nSPS) is 10.4. The molecule has 1 amide bonds. The Balaban J connectivity index is 1.90. The number of esters is 1. The number of ether oxygens (including phenoxy) is 1. The number of nitrogens with one attached hydrogen (secondary N) is 1. The first-order chi connectivity index (χ1) is 12.9. The molecule has 0 aliphatic carbocycles. The van der Waals surface area contributed by atoms with E-state index in [-0.39, 0.29) is 11.5 Å². The van der Waals surface area contributed by atoms with Crippen molar-refractivity contribution in [1.29, 1.82) is 0 Å². The average Bonchev–Trinajstić information content (AvgIpc) is 2.65. The number of ketones is 1. The minimum Gasteiger partial charge on any atom is -0.452 e. The summed E-state index contributed by atoms with van der Waals surface area (Å²) in [6.45, 7) is 0.841. The summed E-state index contributed by atoms with van der Waals surface area (Å²) in [5.74, 6) is -1.58. The predicted octanol–water partition coefficient (Wildman–Crippen LogP) is 2.99. The van der Waals surface area contributed by atoms with Gasteiger partial charge in [-0.15, -0.1) is 0 Å². The summed E-state index contributed by atoms with van der Waals surface area (Å²) >= 11 is 0. The summed E-state index contributed by atoms with van der Waals surface area (Å²) in [5, 5.41) is 13.2. The molecular weight excluding hydrogens is 352 g/mol. The van der Waals surface area contributed by atoms with Gasteiger partial charge in [0.05, 0.1) is 10.6 Å². The van der Waals surface area contributed by atoms with Crippen LogP contribution in [0.4, 0.5) is 11.4 Å². The molecule has 0 aliphatic heterocycles. The molecule has 2 rings (SSSR count). The topological polar surface area (TPSA) is 116 Å². The number of Topliss-reactive ketones (excluding diaryl/α,β-unsaturated/α-hetero) is 1. The van der Waals surface area contributed by atoms with E-state index in [0.717, 1.165) is 6.08 Å². The highest BCUT2D eigenvalue weighted by molar-refractivity contribution is 6.04. The van der Waals surface area contributed by atoms with Crippen molar-refractivity contribution in [3.05, 3.63) is 75.8 Å². The molecule has 0 aromatic heterocycles. The lowest BCUT2D eigenvalue weighted by Crippen LogP contribution is -2.21. The second-order valence-electron chi connectivity index (χ2n) is 5.44. The Bertz CT molecular complexity index is 920. The summed E-state index contributed by atoms with van der Waals surface area (Å²) < 4.78 is 4.82. The lowest BCUT2D eigenvalue weighted by atomic mass is 10.1. The Kier molecular flexibility index (Phi) is 6.54. The molecule has 0 spiro atoms. The van der Waals surface area contributed by atoms with E-state index in [0.29, 0.717) is 16.8 Å². The average molecular weight is 368 g/mol. The van der Waals surface area contributed by atoms with Crippen LogP contribution in [0.25, 0.3) is 6.08 Å². The fraction of sp³-hybridized carbons (Fsp3) is 0.105. The summed E-state index contributed by atoms with van der Waals surface area (Å²) in [6.07, 6.45) is 2.41. The maximum atomic E-state index is 11.9. The van der Waals surface area contributed by atoms with Crippen LogP contribution in [0, 0.1) is 10.1 Å². The molecular formula is C19H16N2O6. The van der Waals surface area contributed by atoms with Gasteiger partial charge < -0.3 is 10.1 Å². The van der Waals surface area contributed by atoms with Crippen LogP contribution in [0.3, 0.4) is 0 Å². The van der Waals surface area contributed by atoms with Crippen LogP contribution in [-0.4, -0.2) is 29.2 Å². The fourth-order valence-corrected chi connectivity index (χ4v) is 2.18. The van der Waals surface area contributed by atoms with Gasteiger partial charge in [0.15, 0.2) is 12.4 Å². The van der Waals surface area contributed by atoms with E-state index < -0.39 is 23.4 Å². The van der Waals surface area contributed by atoms with Crippen molar-refractivity contribution in [1.82, 2.24) is 0 Å². The van der Waals surface area contributed by atoms with Crippen molar-refractivity contribution in [2.45, 2.75) is 6.92 Å². The monoisotopic (exact) mass is 368 g/mol. The summed E-state index contributed by atoms with van der Waals surface area (Å²) in [5.41, 5.74) is 1.02. The molecule has 138 valence electrons. The van der Waals surface area contributed by atoms with Gasteiger partial charge in [0.1, 0.15) is 0 Å². The standard InChI is InChI=1S/C19H16N2O6/c1-13(22)16-7-2-3-8-17(16)20-18(23)12-27-19(24)10-9-14-5-4-6-15(11-14)21(25)26/h2-11H,12H2,1H3,(H,20,23)/b10-9+. The van der Waals surface area contributed by atoms with E-state index in [4.69, 9.17) is 4.74 Å². The number of nitro benzene ring substituents is 1. The number of carbonyl (C=O) groups is 3. The van der Waals surface area contributed by atoms with Crippen LogP contribution in [0.2, 0.25) is 0 Å². The predicted molar refractivity (Wildman–Crippen MR) is 98.2 cm³/mol. The molecule has 2 aromatic carbocycles. The molecule has 8 nitrogen and oxygen atoms in total. The highest BCUT2D eigenvalue weighted by Gasteiger charge is 2.11. The second-order valence-corrected chi connectivity index (χ2v) is 5.44. The number of para-hydroxylation sites is 1. The third-order valence-electron chi connectivity index (χ3n) is 3.42. The van der Waals surface area contributed by atoms with Gasteiger partial charge in [-0.1, -0.05) is 24.3 Å². The van der Waals surface area contributed by atoms with Crippen molar-refractivity contribution >= 4 is 35.1 Å². The molecule has 0 unspecified atom stereocenters. The van der Waals surface area contributed by atoms with E-state index in [2.05, 4.69) is 5.32 Å². The van der Waals surface area contributed by atoms with Crippen LogP contribution < -0.4 is 5.32 Å². The van der Waals surface area contributed by atoms with Crippen molar-refractivity contribution in [2.24, 2.45) is 0 Å². The number of anilines is 1. The minimum absolute atomic E-state index is 0.103. The van der Waals surface area contributed by atoms with Crippen molar-refractivity contribution in [3.63, 3.8) is 0 Å². The van der Waals surface area contributed by atoms with Gasteiger partial charge in [0.2, 0.25) is 0 Å². The molecule has 0 radical (unpaired) electrons. The van der Waals surface area contributed by atoms with Crippen LogP contribution in [0.5, 0.6) is 0 Å². The minimum atomic E-state index is -0.781. The van der Waals surface area contributed by atoms with E-state index in [1.165, 1.54) is 31.2 Å². The molecule has 0 aliphatic rings. The van der Waals surface area contributed by atoms with Gasteiger partial charge in [-0.25, -0.2) is 4.79 Å². The van der Waals surface area contributed by atoms with Gasteiger partial charge in [-0.2, -0.15) is 0 Å². The Morgan fingerprint density at radius 3 is 2.59 bits per heavy atom. The summed E-state index contributed by atoms with van der Waals surface area (Å²) in [6, 6.07) is 12.2. The molecule has 0 atom stereocenters. The molecule has 1 N–H and O–H groups in total. The van der Waals surface area contributed by atoms with Gasteiger partial charge in [0.25, 0.3) is 11.6 Å². The molecule has 8 heteroatoms. The zero-order valence-corrected chi connectivity index (χ0v) is 14.4. The largest absolute Gasteiger partial charge is 0.452 e. The number of hydrogen-bond donors (Lipinski definition) is 1. The molecule has 27 heavy (non-hydrogen) atoms. The third kappa shape index (κ3) is 5.89.